The Morgan fingerprint density at radius 2 is 2.25 bits per heavy atom. The lowest BCUT2D eigenvalue weighted by molar-refractivity contribution is -0.0277. The molecule has 1 aliphatic rings. The van der Waals surface area contributed by atoms with Gasteiger partial charge in [-0.2, -0.15) is 0 Å². The van der Waals surface area contributed by atoms with Gasteiger partial charge in [-0.1, -0.05) is 0 Å². The summed E-state index contributed by atoms with van der Waals surface area (Å²) in [6.07, 6.45) is 0. The first-order valence-electron chi connectivity index (χ1n) is 6.88. The van der Waals surface area contributed by atoms with Crippen LogP contribution in [0.5, 0.6) is 0 Å². The van der Waals surface area contributed by atoms with Crippen molar-refractivity contribution in [3.05, 3.63) is 23.8 Å². The molecule has 0 unspecified atom stereocenters. The van der Waals surface area contributed by atoms with Crippen LogP contribution in [-0.4, -0.2) is 37.9 Å². The Morgan fingerprint density at radius 3 is 2.90 bits per heavy atom. The van der Waals surface area contributed by atoms with Gasteiger partial charge in [-0.25, -0.2) is 4.79 Å². The predicted octanol–water partition coefficient (Wildman–Crippen LogP) is 2.06. The maximum absolute atomic E-state index is 12.1. The lowest BCUT2D eigenvalue weighted by Gasteiger charge is -2.40. The molecular weight excluding hydrogens is 256 g/mol. The number of ether oxygens (including phenoxy) is 2. The quantitative estimate of drug-likeness (QED) is 0.677. The third-order valence-corrected chi connectivity index (χ3v) is 3.28. The molecule has 110 valence electrons. The Kier molecular flexibility index (Phi) is 4.18. The highest BCUT2D eigenvalue weighted by atomic mass is 16.5. The highest BCUT2D eigenvalue weighted by Gasteiger charge is 2.29. The van der Waals surface area contributed by atoms with Crippen molar-refractivity contribution in [1.82, 2.24) is 0 Å². The summed E-state index contributed by atoms with van der Waals surface area (Å²) >= 11 is 0. The minimum absolute atomic E-state index is 0.231. The number of hydrogen-bond donors (Lipinski definition) is 1. The zero-order chi connectivity index (χ0) is 14.8. The molecule has 2 N–H and O–H groups in total. The zero-order valence-corrected chi connectivity index (χ0v) is 12.3. The third-order valence-electron chi connectivity index (χ3n) is 3.28. The Morgan fingerprint density at radius 1 is 1.50 bits per heavy atom. The SMILES string of the molecule is CCOC(=O)c1cc(N)ccc1N1CCOC(C)(C)C1. The molecule has 0 aliphatic carbocycles. The molecular formula is C15H22N2O3. The monoisotopic (exact) mass is 278 g/mol. The first-order valence-corrected chi connectivity index (χ1v) is 6.88. The van der Waals surface area contributed by atoms with Gasteiger partial charge in [0.25, 0.3) is 0 Å². The smallest absolute Gasteiger partial charge is 0.340 e. The lowest BCUT2D eigenvalue weighted by Crippen LogP contribution is -2.48. The number of nitrogen functional groups attached to an aromatic ring is 1. The number of nitrogens with two attached hydrogens (primary N) is 1. The molecule has 0 amide bonds. The second kappa shape index (κ2) is 5.71. The van der Waals surface area contributed by atoms with Crippen LogP contribution in [0.3, 0.4) is 0 Å². The molecule has 1 saturated heterocycles. The Hall–Kier alpha value is -1.75. The Balaban J connectivity index is 2.33. The molecule has 1 fully saturated rings. The van der Waals surface area contributed by atoms with Crippen LogP contribution in [0.1, 0.15) is 31.1 Å². The summed E-state index contributed by atoms with van der Waals surface area (Å²) in [5.74, 6) is -0.334. The summed E-state index contributed by atoms with van der Waals surface area (Å²) < 4.78 is 10.8. The number of esters is 1. The molecule has 0 atom stereocenters. The van der Waals surface area contributed by atoms with E-state index >= 15 is 0 Å². The average Bonchev–Trinajstić information content (AvgIpc) is 2.37. The van der Waals surface area contributed by atoms with Crippen molar-refractivity contribution < 1.29 is 14.3 Å². The number of morpholine rings is 1. The number of anilines is 2. The van der Waals surface area contributed by atoms with Crippen LogP contribution < -0.4 is 10.6 Å². The van der Waals surface area contributed by atoms with Crippen LogP contribution in [0.4, 0.5) is 11.4 Å². The van der Waals surface area contributed by atoms with Gasteiger partial charge in [0.15, 0.2) is 0 Å². The highest BCUT2D eigenvalue weighted by molar-refractivity contribution is 5.97. The standard InChI is InChI=1S/C15H22N2O3/c1-4-19-14(18)12-9-11(16)5-6-13(12)17-7-8-20-15(2,3)10-17/h5-6,9H,4,7-8,10,16H2,1-3H3. The topological polar surface area (TPSA) is 64.8 Å². The van der Waals surface area contributed by atoms with Crippen molar-refractivity contribution in [3.63, 3.8) is 0 Å². The van der Waals surface area contributed by atoms with E-state index in [9.17, 15) is 4.79 Å². The van der Waals surface area contributed by atoms with Gasteiger partial charge in [0, 0.05) is 18.8 Å². The van der Waals surface area contributed by atoms with Crippen LogP contribution >= 0.6 is 0 Å². The van der Waals surface area contributed by atoms with Crippen LogP contribution in [0.25, 0.3) is 0 Å². The fourth-order valence-corrected chi connectivity index (χ4v) is 2.42. The van der Waals surface area contributed by atoms with Gasteiger partial charge in [-0.05, 0) is 39.0 Å². The summed E-state index contributed by atoms with van der Waals surface area (Å²) in [5.41, 5.74) is 7.50. The van der Waals surface area contributed by atoms with E-state index in [0.717, 1.165) is 18.8 Å². The molecule has 0 aromatic heterocycles. The molecule has 0 radical (unpaired) electrons. The summed E-state index contributed by atoms with van der Waals surface area (Å²) in [6.45, 7) is 8.34. The highest BCUT2D eigenvalue weighted by Crippen LogP contribution is 2.28. The second-order valence-electron chi connectivity index (χ2n) is 5.53. The van der Waals surface area contributed by atoms with Crippen molar-refractivity contribution >= 4 is 17.3 Å². The first-order chi connectivity index (χ1) is 9.43. The summed E-state index contributed by atoms with van der Waals surface area (Å²) in [5, 5.41) is 0. The third kappa shape index (κ3) is 3.22. The second-order valence-corrected chi connectivity index (χ2v) is 5.53. The maximum atomic E-state index is 12.1. The predicted molar refractivity (Wildman–Crippen MR) is 79.1 cm³/mol. The minimum atomic E-state index is -0.334. The van der Waals surface area contributed by atoms with E-state index < -0.39 is 0 Å². The molecule has 1 aliphatic heterocycles. The van der Waals surface area contributed by atoms with E-state index in [1.54, 1.807) is 19.1 Å². The molecule has 5 heteroatoms. The molecule has 0 spiro atoms. The summed E-state index contributed by atoms with van der Waals surface area (Å²) in [6, 6.07) is 5.36. The van der Waals surface area contributed by atoms with Crippen LogP contribution in [0.2, 0.25) is 0 Å². The van der Waals surface area contributed by atoms with Gasteiger partial charge in [-0.15, -0.1) is 0 Å². The average molecular weight is 278 g/mol. The van der Waals surface area contributed by atoms with E-state index in [4.69, 9.17) is 15.2 Å². The number of nitrogens with zero attached hydrogens (tertiary/aromatic N) is 1. The molecule has 2 rings (SSSR count). The zero-order valence-electron chi connectivity index (χ0n) is 12.3. The number of carbonyl (C=O) groups is 1. The largest absolute Gasteiger partial charge is 0.462 e. The number of rotatable bonds is 3. The van der Waals surface area contributed by atoms with E-state index in [0.29, 0.717) is 24.5 Å². The lowest BCUT2D eigenvalue weighted by atomic mass is 10.0. The van der Waals surface area contributed by atoms with Gasteiger partial charge < -0.3 is 20.1 Å². The van der Waals surface area contributed by atoms with Crippen LogP contribution in [-0.2, 0) is 9.47 Å². The molecule has 5 nitrogen and oxygen atoms in total. The van der Waals surface area contributed by atoms with Crippen molar-refractivity contribution in [2.75, 3.05) is 36.9 Å². The fraction of sp³-hybridized carbons (Fsp3) is 0.533. The van der Waals surface area contributed by atoms with E-state index in [1.165, 1.54) is 0 Å². The molecule has 0 saturated carbocycles. The van der Waals surface area contributed by atoms with Gasteiger partial charge in [-0.3, -0.25) is 0 Å². The van der Waals surface area contributed by atoms with Crippen LogP contribution in [0.15, 0.2) is 18.2 Å². The summed E-state index contributed by atoms with van der Waals surface area (Å²) in [4.78, 5) is 14.2. The van der Waals surface area contributed by atoms with Gasteiger partial charge >= 0.3 is 5.97 Å². The minimum Gasteiger partial charge on any atom is -0.462 e. The Labute approximate surface area is 119 Å². The van der Waals surface area contributed by atoms with Crippen molar-refractivity contribution in [2.24, 2.45) is 0 Å². The summed E-state index contributed by atoms with van der Waals surface area (Å²) in [7, 11) is 0. The van der Waals surface area contributed by atoms with Crippen molar-refractivity contribution in [3.8, 4) is 0 Å². The number of carbonyl (C=O) groups excluding carboxylic acids is 1. The fourth-order valence-electron chi connectivity index (χ4n) is 2.42. The van der Waals surface area contributed by atoms with Gasteiger partial charge in [0.1, 0.15) is 0 Å². The molecule has 20 heavy (non-hydrogen) atoms. The van der Waals surface area contributed by atoms with Crippen molar-refractivity contribution in [1.29, 1.82) is 0 Å². The van der Waals surface area contributed by atoms with Gasteiger partial charge in [0.05, 0.1) is 30.1 Å². The maximum Gasteiger partial charge on any atom is 0.340 e. The van der Waals surface area contributed by atoms with Crippen LogP contribution in [0, 0.1) is 0 Å². The van der Waals surface area contributed by atoms with E-state index in [1.807, 2.05) is 19.9 Å². The molecule has 0 bridgehead atoms. The normalized spacial score (nSPS) is 17.9. The van der Waals surface area contributed by atoms with Gasteiger partial charge in [0.2, 0.25) is 0 Å². The number of benzene rings is 1. The molecule has 1 heterocycles. The van der Waals surface area contributed by atoms with E-state index in [-0.39, 0.29) is 11.6 Å². The first kappa shape index (κ1) is 14.7. The van der Waals surface area contributed by atoms with E-state index in [2.05, 4.69) is 4.90 Å². The van der Waals surface area contributed by atoms with Crippen molar-refractivity contribution in [2.45, 2.75) is 26.4 Å². The molecule has 1 aromatic rings. The molecule has 1 aromatic carbocycles. The Bertz CT molecular complexity index is 500. The number of hydrogen-bond acceptors (Lipinski definition) is 5.